The Kier molecular flexibility index (Phi) is 5.77. The van der Waals surface area contributed by atoms with Crippen molar-refractivity contribution < 1.29 is 4.79 Å². The molecule has 1 aliphatic carbocycles. The zero-order chi connectivity index (χ0) is 15.1. The number of carbonyl (C=O) groups excluding carboxylic acids is 1. The molecule has 1 heterocycles. The Morgan fingerprint density at radius 1 is 1.48 bits per heavy atom. The number of hydrogen-bond donors (Lipinski definition) is 2. The second-order valence-electron chi connectivity index (χ2n) is 5.58. The summed E-state index contributed by atoms with van der Waals surface area (Å²) in [7, 11) is 0. The smallest absolute Gasteiger partial charge is 0.253 e. The average molecular weight is 285 g/mol. The van der Waals surface area contributed by atoms with Crippen LogP contribution < -0.4 is 11.1 Å². The van der Waals surface area contributed by atoms with E-state index in [9.17, 15) is 4.79 Å². The summed E-state index contributed by atoms with van der Waals surface area (Å²) in [5.74, 6) is 6.36. The van der Waals surface area contributed by atoms with Gasteiger partial charge in [-0.1, -0.05) is 38.0 Å². The molecule has 1 saturated carbocycles. The van der Waals surface area contributed by atoms with E-state index in [0.29, 0.717) is 12.1 Å². The van der Waals surface area contributed by atoms with Crippen LogP contribution in [0, 0.1) is 17.8 Å². The molecule has 0 saturated heterocycles. The molecule has 4 nitrogen and oxygen atoms in total. The van der Waals surface area contributed by atoms with Crippen molar-refractivity contribution in [3.8, 4) is 11.8 Å². The van der Waals surface area contributed by atoms with E-state index in [1.165, 1.54) is 19.3 Å². The monoisotopic (exact) mass is 285 g/mol. The van der Waals surface area contributed by atoms with Gasteiger partial charge in [-0.2, -0.15) is 0 Å². The molecule has 0 aromatic carbocycles. The maximum absolute atomic E-state index is 12.3. The molecular weight excluding hydrogens is 262 g/mol. The lowest BCUT2D eigenvalue weighted by atomic mass is 9.84. The normalized spacial score (nSPS) is 21.2. The van der Waals surface area contributed by atoms with Crippen molar-refractivity contribution in [2.45, 2.75) is 45.1 Å². The van der Waals surface area contributed by atoms with Crippen LogP contribution in [0.2, 0.25) is 0 Å². The Morgan fingerprint density at radius 2 is 2.33 bits per heavy atom. The van der Waals surface area contributed by atoms with Crippen molar-refractivity contribution >= 4 is 5.91 Å². The molecule has 112 valence electrons. The molecular formula is C17H23N3O. The third-order valence-corrected chi connectivity index (χ3v) is 4.03. The summed E-state index contributed by atoms with van der Waals surface area (Å²) in [6.45, 7) is 2.52. The summed E-state index contributed by atoms with van der Waals surface area (Å²) < 4.78 is 0. The van der Waals surface area contributed by atoms with Crippen LogP contribution in [0.1, 0.15) is 54.9 Å². The van der Waals surface area contributed by atoms with E-state index < -0.39 is 0 Å². The molecule has 1 aliphatic rings. The first kappa shape index (κ1) is 15.5. The lowest BCUT2D eigenvalue weighted by molar-refractivity contribution is 0.0918. The predicted octanol–water partition coefficient (Wildman–Crippen LogP) is 2.09. The van der Waals surface area contributed by atoms with Crippen LogP contribution in [-0.4, -0.2) is 23.5 Å². The molecule has 1 aromatic heterocycles. The van der Waals surface area contributed by atoms with Gasteiger partial charge in [-0.05, 0) is 24.8 Å². The zero-order valence-corrected chi connectivity index (χ0v) is 12.6. The topological polar surface area (TPSA) is 68.0 Å². The van der Waals surface area contributed by atoms with Gasteiger partial charge >= 0.3 is 0 Å². The first-order valence-corrected chi connectivity index (χ1v) is 7.67. The van der Waals surface area contributed by atoms with Gasteiger partial charge in [0.25, 0.3) is 5.91 Å². The lowest BCUT2D eigenvalue weighted by Crippen LogP contribution is -2.38. The Balaban J connectivity index is 1.99. The van der Waals surface area contributed by atoms with E-state index in [4.69, 9.17) is 5.73 Å². The van der Waals surface area contributed by atoms with E-state index >= 15 is 0 Å². The van der Waals surface area contributed by atoms with Crippen molar-refractivity contribution in [3.63, 3.8) is 0 Å². The van der Waals surface area contributed by atoms with Crippen LogP contribution in [0.25, 0.3) is 0 Å². The number of carbonyl (C=O) groups is 1. The van der Waals surface area contributed by atoms with Crippen LogP contribution in [0.5, 0.6) is 0 Å². The maximum Gasteiger partial charge on any atom is 0.253 e. The number of amides is 1. The number of nitrogens with one attached hydrogen (secondary N) is 1. The summed E-state index contributed by atoms with van der Waals surface area (Å²) in [5, 5.41) is 3.13. The highest BCUT2D eigenvalue weighted by molar-refractivity contribution is 5.94. The third kappa shape index (κ3) is 4.57. The van der Waals surface area contributed by atoms with Gasteiger partial charge in [0.15, 0.2) is 0 Å². The van der Waals surface area contributed by atoms with Crippen LogP contribution in [0.3, 0.4) is 0 Å². The van der Waals surface area contributed by atoms with Gasteiger partial charge in [0.1, 0.15) is 0 Å². The fourth-order valence-electron chi connectivity index (χ4n) is 2.85. The van der Waals surface area contributed by atoms with Crippen molar-refractivity contribution in [2.24, 2.45) is 11.7 Å². The van der Waals surface area contributed by atoms with Crippen LogP contribution in [0.4, 0.5) is 0 Å². The fraction of sp³-hybridized carbons (Fsp3) is 0.529. The van der Waals surface area contributed by atoms with Crippen molar-refractivity contribution in [1.29, 1.82) is 0 Å². The molecule has 2 rings (SSSR count). The summed E-state index contributed by atoms with van der Waals surface area (Å²) in [6, 6.07) is 2.06. The SMILES string of the molecule is CCC1CCCC(NC(=O)c2cncc(C#CCN)c2)C1. The molecule has 2 unspecified atom stereocenters. The van der Waals surface area contributed by atoms with Crippen LogP contribution in [0.15, 0.2) is 18.5 Å². The Hall–Kier alpha value is -1.86. The van der Waals surface area contributed by atoms with E-state index in [2.05, 4.69) is 29.1 Å². The van der Waals surface area contributed by atoms with E-state index in [1.54, 1.807) is 18.5 Å². The minimum absolute atomic E-state index is 0.0550. The Labute approximate surface area is 126 Å². The maximum atomic E-state index is 12.3. The van der Waals surface area contributed by atoms with Crippen LogP contribution in [-0.2, 0) is 0 Å². The fourth-order valence-corrected chi connectivity index (χ4v) is 2.85. The molecule has 0 radical (unpaired) electrons. The number of aromatic nitrogens is 1. The summed E-state index contributed by atoms with van der Waals surface area (Å²) in [4.78, 5) is 16.4. The van der Waals surface area contributed by atoms with Crippen molar-refractivity contribution in [3.05, 3.63) is 29.6 Å². The first-order valence-electron chi connectivity index (χ1n) is 7.67. The minimum atomic E-state index is -0.0550. The Bertz CT molecular complexity index is 544. The van der Waals surface area contributed by atoms with Crippen molar-refractivity contribution in [2.75, 3.05) is 6.54 Å². The highest BCUT2D eigenvalue weighted by atomic mass is 16.1. The molecule has 1 amide bonds. The van der Waals surface area contributed by atoms with Gasteiger partial charge < -0.3 is 11.1 Å². The van der Waals surface area contributed by atoms with E-state index in [-0.39, 0.29) is 11.9 Å². The molecule has 1 aromatic rings. The molecule has 3 N–H and O–H groups in total. The van der Waals surface area contributed by atoms with Gasteiger partial charge in [-0.3, -0.25) is 9.78 Å². The molecule has 1 fully saturated rings. The number of rotatable bonds is 3. The molecule has 0 aliphatic heterocycles. The molecule has 4 heteroatoms. The molecule has 2 atom stereocenters. The summed E-state index contributed by atoms with van der Waals surface area (Å²) in [5.41, 5.74) is 6.64. The minimum Gasteiger partial charge on any atom is -0.349 e. The lowest BCUT2D eigenvalue weighted by Gasteiger charge is -2.29. The number of nitrogens with zero attached hydrogens (tertiary/aromatic N) is 1. The van der Waals surface area contributed by atoms with Gasteiger partial charge in [-0.15, -0.1) is 0 Å². The average Bonchev–Trinajstić information content (AvgIpc) is 2.53. The quantitative estimate of drug-likeness (QED) is 0.836. The number of hydrogen-bond acceptors (Lipinski definition) is 3. The van der Waals surface area contributed by atoms with E-state index in [0.717, 1.165) is 24.3 Å². The van der Waals surface area contributed by atoms with Crippen molar-refractivity contribution in [1.82, 2.24) is 10.3 Å². The Morgan fingerprint density at radius 3 is 3.10 bits per heavy atom. The molecule has 21 heavy (non-hydrogen) atoms. The van der Waals surface area contributed by atoms with Gasteiger partial charge in [0, 0.05) is 24.0 Å². The highest BCUT2D eigenvalue weighted by Crippen LogP contribution is 2.26. The summed E-state index contributed by atoms with van der Waals surface area (Å²) in [6.07, 6.45) is 9.07. The van der Waals surface area contributed by atoms with Crippen LogP contribution >= 0.6 is 0 Å². The third-order valence-electron chi connectivity index (χ3n) is 4.03. The van der Waals surface area contributed by atoms with Gasteiger partial charge in [-0.25, -0.2) is 0 Å². The van der Waals surface area contributed by atoms with Gasteiger partial charge in [0.2, 0.25) is 0 Å². The predicted molar refractivity (Wildman–Crippen MR) is 83.7 cm³/mol. The summed E-state index contributed by atoms with van der Waals surface area (Å²) >= 11 is 0. The second kappa shape index (κ2) is 7.80. The van der Waals surface area contributed by atoms with E-state index in [1.807, 2.05) is 0 Å². The standard InChI is InChI=1S/C17H23N3O/c1-2-13-5-3-7-16(10-13)20-17(21)15-9-14(6-4-8-18)11-19-12-15/h9,11-13,16H,2-3,5,7-8,10,18H2,1H3,(H,20,21). The number of pyridine rings is 1. The molecule has 0 bridgehead atoms. The highest BCUT2D eigenvalue weighted by Gasteiger charge is 2.22. The van der Waals surface area contributed by atoms with Gasteiger partial charge in [0.05, 0.1) is 12.1 Å². The zero-order valence-electron chi connectivity index (χ0n) is 12.6. The molecule has 0 spiro atoms. The largest absolute Gasteiger partial charge is 0.349 e. The number of nitrogens with two attached hydrogens (primary N) is 1. The first-order chi connectivity index (χ1) is 10.2. The second-order valence-corrected chi connectivity index (χ2v) is 5.58.